The van der Waals surface area contributed by atoms with Gasteiger partial charge in [0.05, 0.1) is 24.6 Å². The van der Waals surface area contributed by atoms with E-state index < -0.39 is 0 Å². The molecular formula is C22H17FN2O3S. The number of allylic oxidation sites excluding steroid dienone is 1. The SMILES string of the molecule is O=C(C=Cc1c(-c2ccc(F)cc2)nc2sccn12)c1ccc(CO)c(CO)c1. The Balaban J connectivity index is 1.71. The molecule has 0 spiro atoms. The lowest BCUT2D eigenvalue weighted by Crippen LogP contribution is -2.00. The molecule has 5 nitrogen and oxygen atoms in total. The third-order valence-electron chi connectivity index (χ3n) is 4.64. The predicted molar refractivity (Wildman–Crippen MR) is 110 cm³/mol. The molecule has 2 aromatic heterocycles. The van der Waals surface area contributed by atoms with Crippen LogP contribution in [0.15, 0.2) is 60.1 Å². The van der Waals surface area contributed by atoms with Gasteiger partial charge in [0, 0.05) is 22.7 Å². The van der Waals surface area contributed by atoms with E-state index in [4.69, 9.17) is 0 Å². The number of hydrogen-bond donors (Lipinski definition) is 2. The molecule has 29 heavy (non-hydrogen) atoms. The molecule has 4 aromatic rings. The molecule has 0 radical (unpaired) electrons. The monoisotopic (exact) mass is 408 g/mol. The molecule has 0 aliphatic rings. The van der Waals surface area contributed by atoms with Gasteiger partial charge in [-0.15, -0.1) is 11.3 Å². The Morgan fingerprint density at radius 1 is 1.10 bits per heavy atom. The Morgan fingerprint density at radius 3 is 2.59 bits per heavy atom. The van der Waals surface area contributed by atoms with Crippen LogP contribution in [0.4, 0.5) is 4.39 Å². The Hall–Kier alpha value is -3.13. The Kier molecular flexibility index (Phi) is 5.35. The van der Waals surface area contributed by atoms with Crippen LogP contribution in [0, 0.1) is 5.82 Å². The molecule has 7 heteroatoms. The molecule has 146 valence electrons. The largest absolute Gasteiger partial charge is 0.392 e. The number of aliphatic hydroxyl groups is 2. The Labute approximate surface area is 170 Å². The normalized spacial score (nSPS) is 11.6. The van der Waals surface area contributed by atoms with Crippen LogP contribution in [0.5, 0.6) is 0 Å². The summed E-state index contributed by atoms with van der Waals surface area (Å²) in [4.78, 5) is 18.0. The maximum Gasteiger partial charge on any atom is 0.194 e. The summed E-state index contributed by atoms with van der Waals surface area (Å²) in [5.41, 5.74) is 3.65. The second-order valence-corrected chi connectivity index (χ2v) is 7.28. The van der Waals surface area contributed by atoms with Crippen molar-refractivity contribution in [3.8, 4) is 11.3 Å². The number of aromatic nitrogens is 2. The minimum Gasteiger partial charge on any atom is -0.392 e. The first-order valence-electron chi connectivity index (χ1n) is 8.88. The molecule has 0 fully saturated rings. The fourth-order valence-electron chi connectivity index (χ4n) is 3.11. The molecule has 2 aromatic carbocycles. The lowest BCUT2D eigenvalue weighted by molar-refractivity contribution is 0.104. The number of imidazole rings is 1. The van der Waals surface area contributed by atoms with E-state index >= 15 is 0 Å². The molecule has 2 N–H and O–H groups in total. The molecule has 0 amide bonds. The summed E-state index contributed by atoms with van der Waals surface area (Å²) in [6, 6.07) is 10.9. The van der Waals surface area contributed by atoms with Gasteiger partial charge in [-0.05, 0) is 53.6 Å². The third-order valence-corrected chi connectivity index (χ3v) is 5.40. The summed E-state index contributed by atoms with van der Waals surface area (Å²) in [6.45, 7) is -0.458. The lowest BCUT2D eigenvalue weighted by atomic mass is 10.0. The average molecular weight is 408 g/mol. The predicted octanol–water partition coefficient (Wildman–Crippen LogP) is 4.08. The quantitative estimate of drug-likeness (QED) is 0.372. The summed E-state index contributed by atoms with van der Waals surface area (Å²) < 4.78 is 15.2. The zero-order valence-electron chi connectivity index (χ0n) is 15.2. The van der Waals surface area contributed by atoms with Gasteiger partial charge < -0.3 is 10.2 Å². The number of carbonyl (C=O) groups is 1. The Bertz CT molecular complexity index is 1210. The van der Waals surface area contributed by atoms with Crippen LogP contribution in [0.3, 0.4) is 0 Å². The molecule has 0 saturated heterocycles. The number of aliphatic hydroxyl groups excluding tert-OH is 2. The van der Waals surface area contributed by atoms with Crippen molar-refractivity contribution in [2.75, 3.05) is 0 Å². The topological polar surface area (TPSA) is 74.8 Å². The van der Waals surface area contributed by atoms with E-state index in [9.17, 15) is 19.4 Å². The summed E-state index contributed by atoms with van der Waals surface area (Å²) in [6.07, 6.45) is 5.00. The molecule has 0 bridgehead atoms. The van der Waals surface area contributed by atoms with Crippen molar-refractivity contribution in [1.82, 2.24) is 9.38 Å². The van der Waals surface area contributed by atoms with E-state index in [1.54, 1.807) is 36.4 Å². The van der Waals surface area contributed by atoms with Gasteiger partial charge in [-0.25, -0.2) is 9.37 Å². The maximum absolute atomic E-state index is 13.3. The van der Waals surface area contributed by atoms with Gasteiger partial charge in [-0.1, -0.05) is 12.1 Å². The Morgan fingerprint density at radius 2 is 1.86 bits per heavy atom. The van der Waals surface area contributed by atoms with Gasteiger partial charge >= 0.3 is 0 Å². The molecule has 0 aliphatic carbocycles. The summed E-state index contributed by atoms with van der Waals surface area (Å²) in [7, 11) is 0. The summed E-state index contributed by atoms with van der Waals surface area (Å²) in [5.74, 6) is -0.563. The van der Waals surface area contributed by atoms with Gasteiger partial charge in [0.25, 0.3) is 0 Å². The average Bonchev–Trinajstić information content (AvgIpc) is 3.33. The molecule has 0 aliphatic heterocycles. The number of nitrogens with zero attached hydrogens (tertiary/aromatic N) is 2. The van der Waals surface area contributed by atoms with Gasteiger partial charge in [0.1, 0.15) is 5.82 Å². The van der Waals surface area contributed by atoms with E-state index in [0.717, 1.165) is 16.2 Å². The van der Waals surface area contributed by atoms with Gasteiger partial charge in [0.15, 0.2) is 10.7 Å². The van der Waals surface area contributed by atoms with E-state index in [1.807, 2.05) is 16.0 Å². The first kappa shape index (κ1) is 19.2. The highest BCUT2D eigenvalue weighted by Gasteiger charge is 2.14. The molecule has 0 saturated carbocycles. The van der Waals surface area contributed by atoms with Crippen molar-refractivity contribution in [2.45, 2.75) is 13.2 Å². The fourth-order valence-corrected chi connectivity index (χ4v) is 3.84. The standard InChI is InChI=1S/C22H17FN2O3S/c23-18-5-3-14(4-6-18)21-19(25-9-10-29-22(25)24-21)7-8-20(28)15-1-2-16(12-26)17(11-15)13-27/h1-11,26-27H,12-13H2. The van der Waals surface area contributed by atoms with Crippen LogP contribution in [0.1, 0.15) is 27.2 Å². The summed E-state index contributed by atoms with van der Waals surface area (Å²) in [5, 5.41) is 20.6. The number of hydrogen-bond acceptors (Lipinski definition) is 5. The smallest absolute Gasteiger partial charge is 0.194 e. The van der Waals surface area contributed by atoms with Crippen molar-refractivity contribution >= 4 is 28.2 Å². The highest BCUT2D eigenvalue weighted by Crippen LogP contribution is 2.28. The zero-order chi connectivity index (χ0) is 20.4. The number of halogens is 1. The van der Waals surface area contributed by atoms with Crippen molar-refractivity contribution in [2.24, 2.45) is 0 Å². The van der Waals surface area contributed by atoms with Crippen molar-refractivity contribution in [3.63, 3.8) is 0 Å². The van der Waals surface area contributed by atoms with E-state index in [1.165, 1.54) is 29.5 Å². The highest BCUT2D eigenvalue weighted by atomic mass is 32.1. The van der Waals surface area contributed by atoms with Crippen LogP contribution >= 0.6 is 11.3 Å². The third kappa shape index (κ3) is 3.75. The molecule has 0 atom stereocenters. The van der Waals surface area contributed by atoms with E-state index in [0.29, 0.717) is 22.4 Å². The van der Waals surface area contributed by atoms with Gasteiger partial charge in [-0.2, -0.15) is 0 Å². The number of rotatable bonds is 6. The fraction of sp³-hybridized carbons (Fsp3) is 0.0909. The molecule has 4 rings (SSSR count). The van der Waals surface area contributed by atoms with Crippen LogP contribution in [-0.4, -0.2) is 25.4 Å². The van der Waals surface area contributed by atoms with Crippen LogP contribution in [0.25, 0.3) is 22.3 Å². The minimum atomic E-state index is -0.326. The number of benzene rings is 2. The summed E-state index contributed by atoms with van der Waals surface area (Å²) >= 11 is 1.47. The number of ketones is 1. The van der Waals surface area contributed by atoms with Crippen molar-refractivity contribution in [3.05, 3.63) is 88.3 Å². The van der Waals surface area contributed by atoms with Gasteiger partial charge in [-0.3, -0.25) is 9.20 Å². The first-order chi connectivity index (χ1) is 14.1. The molecule has 0 unspecified atom stereocenters. The maximum atomic E-state index is 13.3. The first-order valence-corrected chi connectivity index (χ1v) is 9.76. The van der Waals surface area contributed by atoms with Gasteiger partial charge in [0.2, 0.25) is 0 Å². The van der Waals surface area contributed by atoms with Crippen molar-refractivity contribution in [1.29, 1.82) is 0 Å². The van der Waals surface area contributed by atoms with Crippen LogP contribution in [0.2, 0.25) is 0 Å². The van der Waals surface area contributed by atoms with E-state index in [2.05, 4.69) is 4.98 Å². The zero-order valence-corrected chi connectivity index (χ0v) is 16.1. The molecular weight excluding hydrogens is 391 g/mol. The van der Waals surface area contributed by atoms with E-state index in [-0.39, 0.29) is 24.8 Å². The highest BCUT2D eigenvalue weighted by molar-refractivity contribution is 7.15. The number of fused-ring (bicyclic) bond motifs is 1. The van der Waals surface area contributed by atoms with Crippen molar-refractivity contribution < 1.29 is 19.4 Å². The molecule has 2 heterocycles. The van der Waals surface area contributed by atoms with Crippen LogP contribution < -0.4 is 0 Å². The second kappa shape index (κ2) is 8.08. The number of thiazole rings is 1. The second-order valence-electron chi connectivity index (χ2n) is 6.41. The number of carbonyl (C=O) groups excluding carboxylic acids is 1. The van der Waals surface area contributed by atoms with Crippen LogP contribution in [-0.2, 0) is 13.2 Å². The lowest BCUT2D eigenvalue weighted by Gasteiger charge is -2.06. The minimum absolute atomic E-state index is 0.201.